The molecule has 1 unspecified atom stereocenters. The van der Waals surface area contributed by atoms with Gasteiger partial charge >= 0.3 is 0 Å². The van der Waals surface area contributed by atoms with Crippen LogP contribution in [-0.4, -0.2) is 22.8 Å². The highest BCUT2D eigenvalue weighted by atomic mass is 16.2. The quantitative estimate of drug-likeness (QED) is 0.834. The van der Waals surface area contributed by atoms with Crippen molar-refractivity contribution in [1.29, 1.82) is 0 Å². The molecule has 1 fully saturated rings. The molecule has 4 heteroatoms. The van der Waals surface area contributed by atoms with E-state index in [4.69, 9.17) is 0 Å². The summed E-state index contributed by atoms with van der Waals surface area (Å²) in [6, 6.07) is 5.94. The molecule has 2 heterocycles. The zero-order valence-corrected chi connectivity index (χ0v) is 11.6. The molecule has 0 spiro atoms. The number of hydrogen-bond donors (Lipinski definition) is 1. The Morgan fingerprint density at radius 3 is 2.90 bits per heavy atom. The molecular formula is C16H18N2O2. The molecule has 20 heavy (non-hydrogen) atoms. The van der Waals surface area contributed by atoms with Crippen molar-refractivity contribution in [2.24, 2.45) is 0 Å². The van der Waals surface area contributed by atoms with E-state index < -0.39 is 0 Å². The molecule has 0 bridgehead atoms. The van der Waals surface area contributed by atoms with Crippen molar-refractivity contribution in [3.8, 4) is 0 Å². The number of carbonyl (C=O) groups excluding carboxylic acids is 2. The molecule has 0 aliphatic carbocycles. The predicted octanol–water partition coefficient (Wildman–Crippen LogP) is 1.84. The number of benzene rings is 1. The van der Waals surface area contributed by atoms with Crippen LogP contribution in [0.1, 0.15) is 36.5 Å². The number of hydrogen-bond acceptors (Lipinski definition) is 3. The van der Waals surface area contributed by atoms with E-state index in [0.717, 1.165) is 17.7 Å². The lowest BCUT2D eigenvalue weighted by molar-refractivity contribution is -0.136. The van der Waals surface area contributed by atoms with Crippen molar-refractivity contribution < 1.29 is 9.59 Å². The normalized spacial score (nSPS) is 21.9. The van der Waals surface area contributed by atoms with Gasteiger partial charge in [0, 0.05) is 24.2 Å². The van der Waals surface area contributed by atoms with Crippen LogP contribution < -0.4 is 5.32 Å². The molecule has 0 aromatic heterocycles. The Labute approximate surface area is 118 Å². The minimum atomic E-state index is -0.280. The molecule has 1 aromatic rings. The standard InChI is InChI=1S/C16H18N2O2/c1-3-11-5-4-6-12-10(2)18(9-13(11)12)14-7-8-15(19)17-16(14)20/h4-6,14H,2-3,7-9H2,1H3,(H,17,19,20). The maximum absolute atomic E-state index is 12.0. The summed E-state index contributed by atoms with van der Waals surface area (Å²) < 4.78 is 0. The molecule has 0 radical (unpaired) electrons. The summed E-state index contributed by atoms with van der Waals surface area (Å²) in [5.74, 6) is -0.379. The van der Waals surface area contributed by atoms with Crippen LogP contribution in [0.5, 0.6) is 0 Å². The van der Waals surface area contributed by atoms with E-state index in [0.29, 0.717) is 19.4 Å². The van der Waals surface area contributed by atoms with E-state index in [1.165, 1.54) is 11.1 Å². The van der Waals surface area contributed by atoms with E-state index >= 15 is 0 Å². The van der Waals surface area contributed by atoms with Crippen LogP contribution in [0.3, 0.4) is 0 Å². The Morgan fingerprint density at radius 1 is 1.40 bits per heavy atom. The summed E-state index contributed by atoms with van der Waals surface area (Å²) in [5.41, 5.74) is 4.60. The second-order valence-corrected chi connectivity index (χ2v) is 5.34. The number of rotatable bonds is 2. The highest BCUT2D eigenvalue weighted by Crippen LogP contribution is 2.36. The van der Waals surface area contributed by atoms with Gasteiger partial charge in [-0.1, -0.05) is 31.7 Å². The zero-order valence-electron chi connectivity index (χ0n) is 11.6. The molecule has 104 valence electrons. The summed E-state index contributed by atoms with van der Waals surface area (Å²) in [6.45, 7) is 6.99. The number of amides is 2. The first-order chi connectivity index (χ1) is 9.61. The van der Waals surface area contributed by atoms with Crippen molar-refractivity contribution in [2.75, 3.05) is 0 Å². The first-order valence-corrected chi connectivity index (χ1v) is 7.02. The lowest BCUT2D eigenvalue weighted by Crippen LogP contribution is -2.50. The van der Waals surface area contributed by atoms with E-state index in [1.807, 2.05) is 11.0 Å². The topological polar surface area (TPSA) is 49.4 Å². The Hall–Kier alpha value is -2.10. The fourth-order valence-electron chi connectivity index (χ4n) is 3.12. The number of imide groups is 1. The molecule has 1 saturated heterocycles. The molecule has 1 atom stereocenters. The third-order valence-corrected chi connectivity index (χ3v) is 4.23. The van der Waals surface area contributed by atoms with Gasteiger partial charge in [0.25, 0.3) is 0 Å². The monoisotopic (exact) mass is 270 g/mol. The third kappa shape index (κ3) is 1.92. The van der Waals surface area contributed by atoms with Gasteiger partial charge in [0.05, 0.1) is 0 Å². The van der Waals surface area contributed by atoms with Gasteiger partial charge in [-0.3, -0.25) is 14.9 Å². The fourth-order valence-corrected chi connectivity index (χ4v) is 3.12. The molecule has 3 rings (SSSR count). The van der Waals surface area contributed by atoms with Crippen LogP contribution >= 0.6 is 0 Å². The maximum atomic E-state index is 12.0. The molecule has 2 amide bonds. The molecule has 1 aromatic carbocycles. The van der Waals surface area contributed by atoms with Gasteiger partial charge in [-0.25, -0.2) is 0 Å². The van der Waals surface area contributed by atoms with Gasteiger partial charge in [0.2, 0.25) is 11.8 Å². The Balaban J connectivity index is 1.90. The van der Waals surface area contributed by atoms with Crippen molar-refractivity contribution in [3.05, 3.63) is 41.5 Å². The van der Waals surface area contributed by atoms with Crippen molar-refractivity contribution in [3.63, 3.8) is 0 Å². The van der Waals surface area contributed by atoms with Gasteiger partial charge in [-0.2, -0.15) is 0 Å². The van der Waals surface area contributed by atoms with Crippen LogP contribution in [0.15, 0.2) is 24.8 Å². The van der Waals surface area contributed by atoms with Crippen LogP contribution in [0, 0.1) is 0 Å². The van der Waals surface area contributed by atoms with E-state index in [2.05, 4.69) is 31.0 Å². The van der Waals surface area contributed by atoms with Gasteiger partial charge in [-0.15, -0.1) is 0 Å². The molecule has 4 nitrogen and oxygen atoms in total. The predicted molar refractivity (Wildman–Crippen MR) is 76.6 cm³/mol. The molecular weight excluding hydrogens is 252 g/mol. The average molecular weight is 270 g/mol. The first-order valence-electron chi connectivity index (χ1n) is 7.02. The average Bonchev–Trinajstić information content (AvgIpc) is 2.76. The van der Waals surface area contributed by atoms with Crippen molar-refractivity contribution in [1.82, 2.24) is 10.2 Å². The highest BCUT2D eigenvalue weighted by Gasteiger charge is 2.36. The third-order valence-electron chi connectivity index (χ3n) is 4.23. The van der Waals surface area contributed by atoms with Crippen LogP contribution in [0.25, 0.3) is 5.70 Å². The second kappa shape index (κ2) is 4.78. The summed E-state index contributed by atoms with van der Waals surface area (Å²) >= 11 is 0. The van der Waals surface area contributed by atoms with Crippen LogP contribution in [0.4, 0.5) is 0 Å². The lowest BCUT2D eigenvalue weighted by Gasteiger charge is -2.31. The van der Waals surface area contributed by atoms with Gasteiger partial charge in [0.15, 0.2) is 0 Å². The molecule has 1 N–H and O–H groups in total. The number of carbonyl (C=O) groups is 2. The number of nitrogens with one attached hydrogen (secondary N) is 1. The van der Waals surface area contributed by atoms with Gasteiger partial charge < -0.3 is 4.90 Å². The van der Waals surface area contributed by atoms with Crippen LogP contribution in [0.2, 0.25) is 0 Å². The van der Waals surface area contributed by atoms with Gasteiger partial charge in [-0.05, 0) is 24.0 Å². The minimum Gasteiger partial charge on any atom is -0.355 e. The van der Waals surface area contributed by atoms with E-state index in [9.17, 15) is 9.59 Å². The number of piperidine rings is 1. The Kier molecular flexibility index (Phi) is 3.08. The second-order valence-electron chi connectivity index (χ2n) is 5.34. The molecule has 2 aliphatic rings. The van der Waals surface area contributed by atoms with E-state index in [-0.39, 0.29) is 17.9 Å². The summed E-state index contributed by atoms with van der Waals surface area (Å²) in [4.78, 5) is 25.3. The molecule has 0 saturated carbocycles. The van der Waals surface area contributed by atoms with Crippen molar-refractivity contribution >= 4 is 17.5 Å². The zero-order chi connectivity index (χ0) is 14.3. The van der Waals surface area contributed by atoms with Crippen molar-refractivity contribution in [2.45, 2.75) is 38.8 Å². The Morgan fingerprint density at radius 2 is 2.20 bits per heavy atom. The summed E-state index contributed by atoms with van der Waals surface area (Å²) in [5, 5.41) is 2.42. The summed E-state index contributed by atoms with van der Waals surface area (Å²) in [7, 11) is 0. The highest BCUT2D eigenvalue weighted by molar-refractivity contribution is 6.01. The lowest BCUT2D eigenvalue weighted by atomic mass is 10.0. The minimum absolute atomic E-state index is 0.178. The largest absolute Gasteiger partial charge is 0.355 e. The SMILES string of the molecule is C=C1c2cccc(CC)c2CN1C1CCC(=O)NC1=O. The van der Waals surface area contributed by atoms with Gasteiger partial charge in [0.1, 0.15) is 6.04 Å². The molecule has 2 aliphatic heterocycles. The Bertz CT molecular complexity index is 606. The number of nitrogens with zero attached hydrogens (tertiary/aromatic N) is 1. The first kappa shape index (κ1) is 12.9. The number of fused-ring (bicyclic) bond motifs is 1. The fraction of sp³-hybridized carbons (Fsp3) is 0.375. The smallest absolute Gasteiger partial charge is 0.249 e. The summed E-state index contributed by atoms with van der Waals surface area (Å²) in [6.07, 6.45) is 1.94. The van der Waals surface area contributed by atoms with Crippen LogP contribution in [-0.2, 0) is 22.6 Å². The number of aryl methyl sites for hydroxylation is 1. The van der Waals surface area contributed by atoms with E-state index in [1.54, 1.807) is 0 Å². The maximum Gasteiger partial charge on any atom is 0.249 e.